The molecule has 86 valence electrons. The van der Waals surface area contributed by atoms with Gasteiger partial charge < -0.3 is 10.0 Å². The summed E-state index contributed by atoms with van der Waals surface area (Å²) in [6, 6.07) is 0.229. The highest BCUT2D eigenvalue weighted by Gasteiger charge is 2.21. The van der Waals surface area contributed by atoms with Crippen LogP contribution in [0.4, 0.5) is 4.79 Å². The fraction of sp³-hybridized carbons (Fsp3) is 0.750. The van der Waals surface area contributed by atoms with Gasteiger partial charge in [0.2, 0.25) is 0 Å². The van der Waals surface area contributed by atoms with Crippen LogP contribution in [0.15, 0.2) is 12.2 Å². The average Bonchev–Trinajstić information content (AvgIpc) is 2.14. The van der Waals surface area contributed by atoms with Crippen molar-refractivity contribution in [3.05, 3.63) is 12.2 Å². The van der Waals surface area contributed by atoms with Gasteiger partial charge in [0.25, 0.3) is 0 Å². The molecular formula is C12H21NO2. The Kier molecular flexibility index (Phi) is 5.22. The number of nitrogens with zero attached hydrogens (tertiary/aromatic N) is 1. The van der Waals surface area contributed by atoms with Gasteiger partial charge in [0.05, 0.1) is 0 Å². The van der Waals surface area contributed by atoms with Crippen LogP contribution >= 0.6 is 0 Å². The summed E-state index contributed by atoms with van der Waals surface area (Å²) in [5.41, 5.74) is 0. The van der Waals surface area contributed by atoms with E-state index in [4.69, 9.17) is 5.11 Å². The molecule has 1 unspecified atom stereocenters. The van der Waals surface area contributed by atoms with E-state index in [1.165, 1.54) is 0 Å². The van der Waals surface area contributed by atoms with Crippen LogP contribution < -0.4 is 0 Å². The summed E-state index contributed by atoms with van der Waals surface area (Å²) in [6.07, 6.45) is 9.73. The molecule has 1 atom stereocenters. The fourth-order valence-electron chi connectivity index (χ4n) is 2.13. The van der Waals surface area contributed by atoms with Crippen LogP contribution in [0.25, 0.3) is 0 Å². The molecule has 0 aromatic heterocycles. The van der Waals surface area contributed by atoms with E-state index in [-0.39, 0.29) is 6.04 Å². The largest absolute Gasteiger partial charge is 0.465 e. The lowest BCUT2D eigenvalue weighted by Crippen LogP contribution is -2.40. The molecule has 0 saturated carbocycles. The molecule has 0 heterocycles. The van der Waals surface area contributed by atoms with Gasteiger partial charge in [-0.1, -0.05) is 19.1 Å². The molecule has 0 aliphatic heterocycles. The Morgan fingerprint density at radius 1 is 1.40 bits per heavy atom. The van der Waals surface area contributed by atoms with Crippen LogP contribution in [0, 0.1) is 0 Å². The third-order valence-corrected chi connectivity index (χ3v) is 2.89. The summed E-state index contributed by atoms with van der Waals surface area (Å²) in [7, 11) is 0. The van der Waals surface area contributed by atoms with Crippen LogP contribution in [0.1, 0.15) is 45.4 Å². The van der Waals surface area contributed by atoms with Crippen LogP contribution in [0.2, 0.25) is 0 Å². The van der Waals surface area contributed by atoms with E-state index in [2.05, 4.69) is 12.2 Å². The van der Waals surface area contributed by atoms with Gasteiger partial charge in [-0.3, -0.25) is 0 Å². The van der Waals surface area contributed by atoms with Crippen LogP contribution in [-0.2, 0) is 0 Å². The van der Waals surface area contributed by atoms with E-state index in [1.807, 2.05) is 6.92 Å². The Labute approximate surface area is 91.8 Å². The first-order valence-corrected chi connectivity index (χ1v) is 5.90. The first kappa shape index (κ1) is 12.1. The summed E-state index contributed by atoms with van der Waals surface area (Å²) in [4.78, 5) is 12.7. The number of hydrogen-bond donors (Lipinski definition) is 1. The van der Waals surface area contributed by atoms with E-state index in [1.54, 1.807) is 4.90 Å². The number of carboxylic acid groups (broad SMARTS) is 1. The first-order valence-electron chi connectivity index (χ1n) is 5.90. The molecule has 1 N–H and O–H groups in total. The molecule has 0 bridgehead atoms. The molecule has 0 aromatic rings. The lowest BCUT2D eigenvalue weighted by atomic mass is 9.99. The maximum absolute atomic E-state index is 11.1. The summed E-state index contributed by atoms with van der Waals surface area (Å²) in [5.74, 6) is 0. The number of allylic oxidation sites excluding steroid dienone is 2. The molecule has 1 rings (SSSR count). The SMILES string of the molecule is CCCN(C(=O)O)C1CC/C=C/CCC1. The molecule has 0 aromatic carbocycles. The Hall–Kier alpha value is -0.990. The molecule has 0 saturated heterocycles. The molecular weight excluding hydrogens is 190 g/mol. The Bertz CT molecular complexity index is 226. The highest BCUT2D eigenvalue weighted by atomic mass is 16.4. The number of rotatable bonds is 3. The van der Waals surface area contributed by atoms with E-state index in [0.717, 1.165) is 38.5 Å². The van der Waals surface area contributed by atoms with E-state index in [0.29, 0.717) is 6.54 Å². The average molecular weight is 211 g/mol. The van der Waals surface area contributed by atoms with Gasteiger partial charge in [-0.15, -0.1) is 0 Å². The van der Waals surface area contributed by atoms with Crippen molar-refractivity contribution in [3.8, 4) is 0 Å². The van der Waals surface area contributed by atoms with Crippen molar-refractivity contribution in [2.45, 2.75) is 51.5 Å². The minimum Gasteiger partial charge on any atom is -0.465 e. The van der Waals surface area contributed by atoms with Crippen molar-refractivity contribution in [1.82, 2.24) is 4.90 Å². The monoisotopic (exact) mass is 211 g/mol. The lowest BCUT2D eigenvalue weighted by Gasteiger charge is -2.29. The third-order valence-electron chi connectivity index (χ3n) is 2.89. The van der Waals surface area contributed by atoms with Gasteiger partial charge in [0.15, 0.2) is 0 Å². The minimum absolute atomic E-state index is 0.229. The maximum atomic E-state index is 11.1. The maximum Gasteiger partial charge on any atom is 0.407 e. The predicted octanol–water partition coefficient (Wildman–Crippen LogP) is 3.27. The minimum atomic E-state index is -0.758. The molecule has 1 amide bonds. The molecule has 0 radical (unpaired) electrons. The zero-order valence-electron chi connectivity index (χ0n) is 9.48. The predicted molar refractivity (Wildman–Crippen MR) is 61.0 cm³/mol. The second kappa shape index (κ2) is 6.49. The van der Waals surface area contributed by atoms with Gasteiger partial charge in [-0.2, -0.15) is 0 Å². The second-order valence-electron chi connectivity index (χ2n) is 4.11. The standard InChI is InChI=1S/C12H21NO2/c1-2-10-13(12(14)15)11-8-6-4-3-5-7-9-11/h3-4,11H,2,5-10H2,1H3,(H,14,15)/b4-3+. The Balaban J connectivity index is 2.56. The van der Waals surface area contributed by atoms with E-state index in [9.17, 15) is 4.79 Å². The van der Waals surface area contributed by atoms with Crippen LogP contribution in [-0.4, -0.2) is 28.7 Å². The fourth-order valence-corrected chi connectivity index (χ4v) is 2.13. The summed E-state index contributed by atoms with van der Waals surface area (Å²) >= 11 is 0. The third kappa shape index (κ3) is 3.94. The summed E-state index contributed by atoms with van der Waals surface area (Å²) in [6.45, 7) is 2.70. The second-order valence-corrected chi connectivity index (χ2v) is 4.11. The van der Waals surface area contributed by atoms with E-state index >= 15 is 0 Å². The topological polar surface area (TPSA) is 40.5 Å². The molecule has 3 nitrogen and oxygen atoms in total. The number of amides is 1. The quantitative estimate of drug-likeness (QED) is 0.728. The first-order chi connectivity index (χ1) is 7.25. The smallest absolute Gasteiger partial charge is 0.407 e. The van der Waals surface area contributed by atoms with Crippen molar-refractivity contribution in [2.24, 2.45) is 0 Å². The van der Waals surface area contributed by atoms with Gasteiger partial charge in [0, 0.05) is 12.6 Å². The van der Waals surface area contributed by atoms with Crippen molar-refractivity contribution >= 4 is 6.09 Å². The van der Waals surface area contributed by atoms with Crippen LogP contribution in [0.3, 0.4) is 0 Å². The van der Waals surface area contributed by atoms with Crippen molar-refractivity contribution < 1.29 is 9.90 Å². The lowest BCUT2D eigenvalue weighted by molar-refractivity contribution is 0.117. The highest BCUT2D eigenvalue weighted by molar-refractivity contribution is 5.65. The van der Waals surface area contributed by atoms with Gasteiger partial charge >= 0.3 is 6.09 Å². The van der Waals surface area contributed by atoms with Crippen molar-refractivity contribution in [1.29, 1.82) is 0 Å². The molecule has 3 heteroatoms. The van der Waals surface area contributed by atoms with Crippen molar-refractivity contribution in [2.75, 3.05) is 6.54 Å². The molecule has 1 aliphatic carbocycles. The number of hydrogen-bond acceptors (Lipinski definition) is 1. The van der Waals surface area contributed by atoms with Crippen molar-refractivity contribution in [3.63, 3.8) is 0 Å². The van der Waals surface area contributed by atoms with Gasteiger partial charge in [-0.05, 0) is 38.5 Å². The zero-order chi connectivity index (χ0) is 11.1. The number of carbonyl (C=O) groups is 1. The Morgan fingerprint density at radius 2 is 2.13 bits per heavy atom. The van der Waals surface area contributed by atoms with Crippen LogP contribution in [0.5, 0.6) is 0 Å². The molecule has 0 fully saturated rings. The molecule has 0 spiro atoms. The summed E-state index contributed by atoms with van der Waals surface area (Å²) in [5, 5.41) is 9.13. The molecule has 15 heavy (non-hydrogen) atoms. The van der Waals surface area contributed by atoms with Gasteiger partial charge in [0.1, 0.15) is 0 Å². The Morgan fingerprint density at radius 3 is 2.80 bits per heavy atom. The van der Waals surface area contributed by atoms with E-state index < -0.39 is 6.09 Å². The summed E-state index contributed by atoms with van der Waals surface area (Å²) < 4.78 is 0. The normalized spacial score (nSPS) is 23.9. The highest BCUT2D eigenvalue weighted by Crippen LogP contribution is 2.18. The zero-order valence-corrected chi connectivity index (χ0v) is 9.48. The molecule has 1 aliphatic rings. The van der Waals surface area contributed by atoms with Gasteiger partial charge in [-0.25, -0.2) is 4.79 Å².